The van der Waals surface area contributed by atoms with Gasteiger partial charge in [-0.05, 0) is 24.7 Å². The van der Waals surface area contributed by atoms with Crippen LogP contribution in [0.25, 0.3) is 0 Å². The minimum Gasteiger partial charge on any atom is -0.374 e. The lowest BCUT2D eigenvalue weighted by Crippen LogP contribution is -2.30. The third kappa shape index (κ3) is 3.68. The summed E-state index contributed by atoms with van der Waals surface area (Å²) in [5.74, 6) is -0.789. The van der Waals surface area contributed by atoms with Crippen LogP contribution in [0.15, 0.2) is 12.1 Å². The molecule has 1 aromatic carbocycles. The Morgan fingerprint density at radius 2 is 2.05 bits per heavy atom. The Hall–Kier alpha value is -1.72. The average molecular weight is 298 g/mol. The monoisotopic (exact) mass is 298 g/mol. The quantitative estimate of drug-likeness (QED) is 0.657. The fraction of sp³-hybridized carbons (Fsp3) is 0.600. The molecular weight excluding hydrogens is 278 g/mol. The molecule has 1 fully saturated rings. The Labute approximate surface area is 122 Å². The third-order valence-electron chi connectivity index (χ3n) is 4.24. The highest BCUT2D eigenvalue weighted by molar-refractivity contribution is 5.63. The summed E-state index contributed by atoms with van der Waals surface area (Å²) in [6.07, 6.45) is 3.84. The summed E-state index contributed by atoms with van der Waals surface area (Å²) in [4.78, 5) is 10.2. The molecule has 0 aliphatic heterocycles. The van der Waals surface area contributed by atoms with Crippen molar-refractivity contribution >= 4 is 11.4 Å². The number of nitro groups is 1. The Balaban J connectivity index is 2.21. The third-order valence-corrected chi connectivity index (χ3v) is 4.24. The van der Waals surface area contributed by atoms with E-state index < -0.39 is 22.2 Å². The van der Waals surface area contributed by atoms with Gasteiger partial charge in [-0.15, -0.1) is 0 Å². The molecule has 0 saturated heterocycles. The smallest absolute Gasteiger partial charge is 0.298 e. The molecule has 0 radical (unpaired) electrons. The Kier molecular flexibility index (Phi) is 4.75. The fourth-order valence-electron chi connectivity index (χ4n) is 3.02. The number of anilines is 1. The van der Waals surface area contributed by atoms with Gasteiger partial charge in [0.15, 0.2) is 5.82 Å². The average Bonchev–Trinajstić information content (AvgIpc) is 2.41. The van der Waals surface area contributed by atoms with E-state index in [1.165, 1.54) is 0 Å². The molecular formula is C15H20F2N2O2. The van der Waals surface area contributed by atoms with Gasteiger partial charge in [0, 0.05) is 12.1 Å². The van der Waals surface area contributed by atoms with Gasteiger partial charge in [-0.2, -0.15) is 0 Å². The van der Waals surface area contributed by atoms with Gasteiger partial charge in [-0.3, -0.25) is 10.1 Å². The summed E-state index contributed by atoms with van der Waals surface area (Å²) in [5.41, 5.74) is -0.741. The van der Waals surface area contributed by atoms with Crippen LogP contribution in [0, 0.1) is 33.6 Å². The summed E-state index contributed by atoms with van der Waals surface area (Å²) in [6.45, 7) is 4.29. The molecule has 0 bridgehead atoms. The van der Waals surface area contributed by atoms with Crippen molar-refractivity contribution in [2.75, 3.05) is 5.32 Å². The largest absolute Gasteiger partial charge is 0.374 e. The summed E-state index contributed by atoms with van der Waals surface area (Å²) < 4.78 is 27.0. The van der Waals surface area contributed by atoms with Crippen LogP contribution >= 0.6 is 0 Å². The van der Waals surface area contributed by atoms with Crippen molar-refractivity contribution in [1.29, 1.82) is 0 Å². The molecule has 2 atom stereocenters. The molecule has 6 heteroatoms. The SMILES string of the molecule is CC(C)C1CCCC(Nc2c(F)cc(F)cc2[N+](=O)[O-])C1. The van der Waals surface area contributed by atoms with Crippen molar-refractivity contribution < 1.29 is 13.7 Å². The van der Waals surface area contributed by atoms with Crippen LogP contribution in [-0.4, -0.2) is 11.0 Å². The molecule has 21 heavy (non-hydrogen) atoms. The molecule has 116 valence electrons. The molecule has 0 amide bonds. The molecule has 0 aromatic heterocycles. The van der Waals surface area contributed by atoms with Gasteiger partial charge in [0.05, 0.1) is 11.0 Å². The molecule has 0 spiro atoms. The molecule has 1 aliphatic carbocycles. The van der Waals surface area contributed by atoms with E-state index in [0.29, 0.717) is 17.9 Å². The zero-order valence-electron chi connectivity index (χ0n) is 12.2. The number of benzene rings is 1. The van der Waals surface area contributed by atoms with Crippen LogP contribution in [0.2, 0.25) is 0 Å². The number of nitro benzene ring substituents is 1. The minimum atomic E-state index is -0.937. The molecule has 2 unspecified atom stereocenters. The number of halogens is 2. The van der Waals surface area contributed by atoms with Gasteiger partial charge in [-0.25, -0.2) is 8.78 Å². The molecule has 1 aliphatic rings. The molecule has 1 saturated carbocycles. The van der Waals surface area contributed by atoms with Crippen LogP contribution in [-0.2, 0) is 0 Å². The van der Waals surface area contributed by atoms with Crippen LogP contribution in [0.1, 0.15) is 39.5 Å². The van der Waals surface area contributed by atoms with Gasteiger partial charge in [0.25, 0.3) is 5.69 Å². The molecule has 0 heterocycles. The summed E-state index contributed by atoms with van der Waals surface area (Å²) in [6, 6.07) is 1.43. The van der Waals surface area contributed by atoms with E-state index in [-0.39, 0.29) is 11.7 Å². The number of nitrogens with zero attached hydrogens (tertiary/aromatic N) is 1. The highest BCUT2D eigenvalue weighted by Gasteiger charge is 2.28. The van der Waals surface area contributed by atoms with Gasteiger partial charge < -0.3 is 5.32 Å². The lowest BCUT2D eigenvalue weighted by atomic mass is 9.79. The van der Waals surface area contributed by atoms with Gasteiger partial charge >= 0.3 is 0 Å². The Morgan fingerprint density at radius 3 is 2.67 bits per heavy atom. The first-order chi connectivity index (χ1) is 9.88. The van der Waals surface area contributed by atoms with Crippen molar-refractivity contribution in [3.05, 3.63) is 33.9 Å². The normalized spacial score (nSPS) is 22.3. The number of rotatable bonds is 4. The maximum atomic E-state index is 13.9. The van der Waals surface area contributed by atoms with E-state index in [2.05, 4.69) is 19.2 Å². The van der Waals surface area contributed by atoms with Crippen LogP contribution in [0.4, 0.5) is 20.2 Å². The van der Waals surface area contributed by atoms with Crippen molar-refractivity contribution in [2.45, 2.75) is 45.6 Å². The molecule has 4 nitrogen and oxygen atoms in total. The lowest BCUT2D eigenvalue weighted by Gasteiger charge is -2.32. The highest BCUT2D eigenvalue weighted by Crippen LogP contribution is 2.35. The maximum Gasteiger partial charge on any atom is 0.298 e. The predicted octanol–water partition coefficient (Wildman–Crippen LogP) is 4.50. The minimum absolute atomic E-state index is 0.00943. The zero-order chi connectivity index (χ0) is 15.6. The Morgan fingerprint density at radius 1 is 1.33 bits per heavy atom. The van der Waals surface area contributed by atoms with Crippen molar-refractivity contribution in [2.24, 2.45) is 11.8 Å². The van der Waals surface area contributed by atoms with Crippen LogP contribution in [0.5, 0.6) is 0 Å². The van der Waals surface area contributed by atoms with E-state index in [1.54, 1.807) is 0 Å². The highest BCUT2D eigenvalue weighted by atomic mass is 19.1. The van der Waals surface area contributed by atoms with E-state index in [4.69, 9.17) is 0 Å². The maximum absolute atomic E-state index is 13.9. The van der Waals surface area contributed by atoms with E-state index in [1.807, 2.05) is 0 Å². The van der Waals surface area contributed by atoms with E-state index in [9.17, 15) is 18.9 Å². The van der Waals surface area contributed by atoms with Gasteiger partial charge in [0.2, 0.25) is 0 Å². The standard InChI is InChI=1S/C15H20F2N2O2/c1-9(2)10-4-3-5-12(6-10)18-15-13(17)7-11(16)8-14(15)19(20)21/h7-10,12,18H,3-6H2,1-2H3. The zero-order valence-corrected chi connectivity index (χ0v) is 12.2. The van der Waals surface area contributed by atoms with E-state index in [0.717, 1.165) is 31.7 Å². The second-order valence-electron chi connectivity index (χ2n) is 6.05. The molecule has 2 rings (SSSR count). The molecule has 1 aromatic rings. The lowest BCUT2D eigenvalue weighted by molar-refractivity contribution is -0.384. The van der Waals surface area contributed by atoms with Crippen LogP contribution in [0.3, 0.4) is 0 Å². The molecule has 1 N–H and O–H groups in total. The summed E-state index contributed by atoms with van der Waals surface area (Å²) >= 11 is 0. The van der Waals surface area contributed by atoms with Crippen LogP contribution < -0.4 is 5.32 Å². The topological polar surface area (TPSA) is 55.2 Å². The van der Waals surface area contributed by atoms with Crippen molar-refractivity contribution in [3.8, 4) is 0 Å². The van der Waals surface area contributed by atoms with Crippen molar-refractivity contribution in [1.82, 2.24) is 0 Å². The number of nitrogens with one attached hydrogen (secondary N) is 1. The number of hydrogen-bond acceptors (Lipinski definition) is 3. The first-order valence-corrected chi connectivity index (χ1v) is 7.28. The summed E-state index contributed by atoms with van der Waals surface area (Å²) in [5, 5.41) is 13.9. The first-order valence-electron chi connectivity index (χ1n) is 7.28. The summed E-state index contributed by atoms with van der Waals surface area (Å²) in [7, 11) is 0. The number of hydrogen-bond donors (Lipinski definition) is 1. The first kappa shape index (κ1) is 15.7. The van der Waals surface area contributed by atoms with E-state index >= 15 is 0 Å². The van der Waals surface area contributed by atoms with Gasteiger partial charge in [-0.1, -0.05) is 26.7 Å². The second kappa shape index (κ2) is 6.37. The Bertz CT molecular complexity index is 535. The van der Waals surface area contributed by atoms with Crippen molar-refractivity contribution in [3.63, 3.8) is 0 Å². The fourth-order valence-corrected chi connectivity index (χ4v) is 3.02. The second-order valence-corrected chi connectivity index (χ2v) is 6.05. The predicted molar refractivity (Wildman–Crippen MR) is 77.2 cm³/mol. The van der Waals surface area contributed by atoms with Gasteiger partial charge in [0.1, 0.15) is 11.5 Å².